The van der Waals surface area contributed by atoms with E-state index >= 15 is 0 Å². The van der Waals surface area contributed by atoms with Gasteiger partial charge >= 0.3 is 0 Å². The predicted molar refractivity (Wildman–Crippen MR) is 498 cm³/mol. The number of rotatable bonds is 13. The maximum atomic E-state index is 5.15. The number of hydrogen-bond donors (Lipinski definition) is 0. The molecule has 118 heavy (non-hydrogen) atoms. The van der Waals surface area contributed by atoms with E-state index in [0.717, 1.165) is 72.7 Å². The number of nitrogens with zero attached hydrogens (tertiary/aromatic N) is 4. The maximum Gasteiger partial charge on any atom is 0.137 e. The molecule has 0 atom stereocenters. The van der Waals surface area contributed by atoms with Gasteiger partial charge in [-0.05, 0) is 271 Å². The Hall–Kier alpha value is -15.6. The van der Waals surface area contributed by atoms with Crippen molar-refractivity contribution in [2.45, 2.75) is 0 Å². The Balaban J connectivity index is 0.633. The molecule has 24 rings (SSSR count). The quantitative estimate of drug-likeness (QED) is 0.108. The van der Waals surface area contributed by atoms with Crippen LogP contribution in [0.15, 0.2) is 425 Å². The van der Waals surface area contributed by atoms with E-state index in [9.17, 15) is 0 Å². The molecule has 2 aliphatic rings. The average Bonchev–Trinajstić information content (AvgIpc) is 1.53. The molecule has 0 aliphatic heterocycles. The Morgan fingerprint density at radius 2 is 0.551 bits per heavy atom. The molecule has 0 fully saturated rings. The summed E-state index contributed by atoms with van der Waals surface area (Å²) < 4.78 is 0. The van der Waals surface area contributed by atoms with Crippen LogP contribution < -0.4 is 9.80 Å². The van der Waals surface area contributed by atoms with Crippen molar-refractivity contribution in [2.75, 3.05) is 9.80 Å². The number of aromatic nitrogens is 2. The molecular formula is C114H70N4. The summed E-state index contributed by atoms with van der Waals surface area (Å²) in [6.07, 6.45) is 5.72. The largest absolute Gasteiger partial charge is 0.308 e. The third-order valence-electron chi connectivity index (χ3n) is 25.0. The van der Waals surface area contributed by atoms with Crippen LogP contribution >= 0.6 is 0 Å². The molecule has 0 N–H and O–H groups in total. The minimum atomic E-state index is 0.832. The van der Waals surface area contributed by atoms with E-state index in [1.165, 1.54) is 170 Å². The van der Waals surface area contributed by atoms with Gasteiger partial charge < -0.3 is 4.90 Å². The Bertz CT molecular complexity index is 7770. The number of benzene rings is 20. The minimum absolute atomic E-state index is 0.832. The first-order valence-corrected chi connectivity index (χ1v) is 40.7. The Kier molecular flexibility index (Phi) is 15.3. The average molecular weight is 1500 g/mol. The zero-order valence-corrected chi connectivity index (χ0v) is 64.2. The molecular weight excluding hydrogens is 1430 g/mol. The monoisotopic (exact) mass is 1490 g/mol. The second-order valence-electron chi connectivity index (χ2n) is 31.3. The van der Waals surface area contributed by atoms with Crippen LogP contribution in [0.25, 0.3) is 209 Å². The normalized spacial score (nSPS) is 11.9. The Morgan fingerprint density at radius 1 is 0.178 bits per heavy atom. The highest BCUT2D eigenvalue weighted by Crippen LogP contribution is 2.62. The fraction of sp³-hybridized carbons (Fsp3) is 0. The van der Waals surface area contributed by atoms with Crippen molar-refractivity contribution in [2.24, 2.45) is 0 Å². The summed E-state index contributed by atoms with van der Waals surface area (Å²) in [4.78, 5) is 14.5. The van der Waals surface area contributed by atoms with Gasteiger partial charge in [0.05, 0.1) is 23.3 Å². The molecule has 4 heteroatoms. The summed E-state index contributed by atoms with van der Waals surface area (Å²) in [5.41, 5.74) is 32.1. The van der Waals surface area contributed by atoms with Gasteiger partial charge in [-0.15, -0.1) is 0 Å². The lowest BCUT2D eigenvalue weighted by Crippen LogP contribution is -2.12. The minimum Gasteiger partial charge on any atom is -0.308 e. The van der Waals surface area contributed by atoms with Crippen molar-refractivity contribution in [3.8, 4) is 122 Å². The molecule has 0 saturated heterocycles. The van der Waals surface area contributed by atoms with E-state index in [0.29, 0.717) is 0 Å². The van der Waals surface area contributed by atoms with Crippen LogP contribution in [0.5, 0.6) is 0 Å². The molecule has 546 valence electrons. The van der Waals surface area contributed by atoms with Crippen LogP contribution in [0.2, 0.25) is 0 Å². The number of fused-ring (bicyclic) bond motifs is 14. The second-order valence-corrected chi connectivity index (χ2v) is 31.3. The van der Waals surface area contributed by atoms with Crippen molar-refractivity contribution in [1.29, 1.82) is 0 Å². The molecule has 4 nitrogen and oxygen atoms in total. The van der Waals surface area contributed by atoms with E-state index < -0.39 is 0 Å². The summed E-state index contributed by atoms with van der Waals surface area (Å²) in [5, 5.41) is 19.4. The molecule has 0 unspecified atom stereocenters. The SMILES string of the molecule is c1ccc(-c2c3c(c(-c4ccccc4)c4ccccc24)-c2ccc(-c4ccc(N(c5ccccn5)c5cc6ccccc6c6cc(-c7ccc8c(-c9ccccc9)c9c(c(-c%10ccccc%10)c8c7)-c7ccc(-c8ccc(N(c%10cccnc%10)c%10cc%11ccccc%11c%11ccccc%10%11)cc8)c8cccc-9c78)ccc56)cc4)c4cccc-3c24)cc1. The lowest BCUT2D eigenvalue weighted by Gasteiger charge is -2.27. The molecule has 2 aliphatic carbocycles. The highest BCUT2D eigenvalue weighted by Gasteiger charge is 2.35. The second kappa shape index (κ2) is 27.0. The molecule has 0 amide bonds. The third kappa shape index (κ3) is 10.4. The number of anilines is 6. The third-order valence-corrected chi connectivity index (χ3v) is 25.0. The van der Waals surface area contributed by atoms with Crippen LogP contribution in [0.1, 0.15) is 0 Å². The molecule has 0 saturated carbocycles. The standard InChI is InChI=1S/C114H70N4/c1-5-26-73(27-6-1)105-93-41-19-20-42-94(93)106(74-28-7-2-8-29-74)113-98-62-60-87(91-43-23-45-96(109(91)98)111(105)113)72-50-56-82(57-51-72)118(104-47-21-22-65-116-104)103-69-80-35-14-16-38-85(80)100-66-77(52-58-90(100)103)78-53-59-95-101(67-78)108(76-32-11-4-12-33-76)114-99-63-61-86(92-44-24-46-97(110(92)99)112(114)107(95)75-30-9-3-10-31-75)71-48-54-81(55-49-71)117(83-36-25-64-115-70-83)102-68-79-34-13-15-37-84(79)88-39-17-18-40-89(88)102/h1-70H. The van der Waals surface area contributed by atoms with Crippen molar-refractivity contribution in [1.82, 2.24) is 9.97 Å². The van der Waals surface area contributed by atoms with Gasteiger partial charge in [0.2, 0.25) is 0 Å². The number of pyridine rings is 2. The molecule has 2 aromatic heterocycles. The smallest absolute Gasteiger partial charge is 0.137 e. The van der Waals surface area contributed by atoms with Gasteiger partial charge in [-0.25, -0.2) is 4.98 Å². The van der Waals surface area contributed by atoms with Crippen LogP contribution in [0.3, 0.4) is 0 Å². The van der Waals surface area contributed by atoms with Crippen molar-refractivity contribution in [3.05, 3.63) is 425 Å². The fourth-order valence-electron chi connectivity index (χ4n) is 20.0. The van der Waals surface area contributed by atoms with Crippen LogP contribution in [0, 0.1) is 0 Å². The Labute approximate surface area is 683 Å². The first-order chi connectivity index (χ1) is 58.6. The van der Waals surface area contributed by atoms with E-state index in [-0.39, 0.29) is 0 Å². The molecule has 22 aromatic rings. The van der Waals surface area contributed by atoms with Gasteiger partial charge in [0.1, 0.15) is 5.82 Å². The molecule has 0 radical (unpaired) electrons. The summed E-state index contributed by atoms with van der Waals surface area (Å²) in [6, 6.07) is 151. The Morgan fingerprint density at radius 3 is 1.04 bits per heavy atom. The van der Waals surface area contributed by atoms with Gasteiger partial charge in [0.15, 0.2) is 0 Å². The van der Waals surface area contributed by atoms with Crippen molar-refractivity contribution < 1.29 is 0 Å². The summed E-state index contributed by atoms with van der Waals surface area (Å²) in [7, 11) is 0. The van der Waals surface area contributed by atoms with E-state index in [1.807, 2.05) is 30.7 Å². The van der Waals surface area contributed by atoms with Gasteiger partial charge in [0, 0.05) is 34.5 Å². The maximum absolute atomic E-state index is 5.15. The van der Waals surface area contributed by atoms with Gasteiger partial charge in [0.25, 0.3) is 0 Å². The highest BCUT2D eigenvalue weighted by atomic mass is 15.2. The summed E-state index contributed by atoms with van der Waals surface area (Å²) in [5.74, 6) is 0.832. The molecule has 0 spiro atoms. The van der Waals surface area contributed by atoms with E-state index in [2.05, 4.69) is 409 Å². The molecule has 20 aromatic carbocycles. The van der Waals surface area contributed by atoms with E-state index in [1.54, 1.807) is 0 Å². The lowest BCUT2D eigenvalue weighted by molar-refractivity contribution is 1.19. The topological polar surface area (TPSA) is 32.3 Å². The van der Waals surface area contributed by atoms with E-state index in [4.69, 9.17) is 4.98 Å². The van der Waals surface area contributed by atoms with Crippen LogP contribution in [0.4, 0.5) is 34.3 Å². The van der Waals surface area contributed by atoms with Crippen LogP contribution in [-0.4, -0.2) is 9.97 Å². The van der Waals surface area contributed by atoms with Gasteiger partial charge in [-0.2, -0.15) is 0 Å². The first kappa shape index (κ1) is 66.9. The fourth-order valence-corrected chi connectivity index (χ4v) is 20.0. The predicted octanol–water partition coefficient (Wildman–Crippen LogP) is 31.6. The zero-order chi connectivity index (χ0) is 77.5. The first-order valence-electron chi connectivity index (χ1n) is 40.7. The van der Waals surface area contributed by atoms with Crippen LogP contribution in [-0.2, 0) is 0 Å². The van der Waals surface area contributed by atoms with Crippen molar-refractivity contribution >= 4 is 120 Å². The molecule has 0 bridgehead atoms. The zero-order valence-electron chi connectivity index (χ0n) is 64.2. The van der Waals surface area contributed by atoms with Crippen molar-refractivity contribution in [3.63, 3.8) is 0 Å². The van der Waals surface area contributed by atoms with Gasteiger partial charge in [-0.1, -0.05) is 334 Å². The highest BCUT2D eigenvalue weighted by molar-refractivity contribution is 6.31. The number of hydrogen-bond acceptors (Lipinski definition) is 4. The molecule has 2 heterocycles. The summed E-state index contributed by atoms with van der Waals surface area (Å²) >= 11 is 0. The van der Waals surface area contributed by atoms with Gasteiger partial charge in [-0.3, -0.25) is 9.88 Å². The summed E-state index contributed by atoms with van der Waals surface area (Å²) in [6.45, 7) is 0. The lowest BCUT2D eigenvalue weighted by atomic mass is 9.81.